The van der Waals surface area contributed by atoms with E-state index in [9.17, 15) is 32.3 Å². The van der Waals surface area contributed by atoms with Gasteiger partial charge in [0.15, 0.2) is 0 Å². The number of esters is 2. The molecule has 0 aliphatic heterocycles. The van der Waals surface area contributed by atoms with Crippen molar-refractivity contribution in [3.8, 4) is 11.1 Å². The molecule has 0 bridgehead atoms. The molecule has 0 radical (unpaired) electrons. The van der Waals surface area contributed by atoms with E-state index in [1.165, 1.54) is 20.8 Å². The van der Waals surface area contributed by atoms with E-state index in [4.69, 9.17) is 9.47 Å². The molecule has 0 saturated carbocycles. The summed E-state index contributed by atoms with van der Waals surface area (Å²) in [5.74, 6) is -6.33. The topological polar surface area (TPSA) is 102 Å². The van der Waals surface area contributed by atoms with Crippen molar-refractivity contribution in [1.82, 2.24) is 10.2 Å². The smallest absolute Gasteiger partial charge is 0.464 e. The predicted octanol–water partition coefficient (Wildman–Crippen LogP) is 6.28. The first-order chi connectivity index (χ1) is 22.6. The summed E-state index contributed by atoms with van der Waals surface area (Å²) in [5, 5.41) is 2.58. The highest BCUT2D eigenvalue weighted by atomic mass is 19.4. The maximum atomic E-state index is 13.8. The Morgan fingerprint density at radius 1 is 0.812 bits per heavy atom. The van der Waals surface area contributed by atoms with E-state index in [0.717, 1.165) is 22.3 Å². The molecule has 3 aromatic carbocycles. The van der Waals surface area contributed by atoms with Crippen molar-refractivity contribution in [3.05, 3.63) is 95.6 Å². The molecule has 0 aromatic heterocycles. The van der Waals surface area contributed by atoms with Gasteiger partial charge in [0, 0.05) is 12.5 Å². The lowest BCUT2D eigenvalue weighted by Gasteiger charge is -2.38. The molecule has 8 nitrogen and oxygen atoms in total. The number of nitrogens with zero attached hydrogens (tertiary/aromatic N) is 1. The van der Waals surface area contributed by atoms with E-state index in [1.54, 1.807) is 44.2 Å². The van der Waals surface area contributed by atoms with E-state index in [2.05, 4.69) is 5.32 Å². The van der Waals surface area contributed by atoms with Crippen molar-refractivity contribution >= 4 is 23.8 Å². The molecule has 0 saturated heterocycles. The number of fused-ring (bicyclic) bond motifs is 3. The molecule has 0 spiro atoms. The molecule has 1 aliphatic rings. The summed E-state index contributed by atoms with van der Waals surface area (Å²) in [6.45, 7) is 6.44. The molecule has 0 heterocycles. The first-order valence-corrected chi connectivity index (χ1v) is 15.8. The number of rotatable bonds is 12. The fraction of sp³-hybridized carbons (Fsp3) is 0.405. The SMILES string of the molecule is CC(C)[C@@H](CNC(=O)C(N(CC(=O)OCc1ccccc1)C(=O)C(F)(F)F)C(C)(C)C)C(=O)OCC1c2ccccc2-c2ccccc21. The third-order valence-corrected chi connectivity index (χ3v) is 8.38. The summed E-state index contributed by atoms with van der Waals surface area (Å²) in [5.41, 5.74) is 3.55. The van der Waals surface area contributed by atoms with Gasteiger partial charge in [0.2, 0.25) is 5.91 Å². The number of amides is 2. The van der Waals surface area contributed by atoms with E-state index in [0.29, 0.717) is 5.56 Å². The van der Waals surface area contributed by atoms with Crippen LogP contribution >= 0.6 is 0 Å². The summed E-state index contributed by atoms with van der Waals surface area (Å²) in [6, 6.07) is 22.5. The summed E-state index contributed by atoms with van der Waals surface area (Å²) in [7, 11) is 0. The lowest BCUT2D eigenvalue weighted by molar-refractivity contribution is -0.192. The van der Waals surface area contributed by atoms with Gasteiger partial charge in [-0.2, -0.15) is 13.2 Å². The van der Waals surface area contributed by atoms with Gasteiger partial charge in [0.05, 0.1) is 5.92 Å². The minimum absolute atomic E-state index is 0.0631. The van der Waals surface area contributed by atoms with Gasteiger partial charge in [-0.05, 0) is 39.2 Å². The quantitative estimate of drug-likeness (QED) is 0.229. The van der Waals surface area contributed by atoms with Gasteiger partial charge in [-0.1, -0.05) is 113 Å². The van der Waals surface area contributed by atoms with Crippen molar-refractivity contribution in [3.63, 3.8) is 0 Å². The lowest BCUT2D eigenvalue weighted by Crippen LogP contribution is -2.60. The molecule has 48 heavy (non-hydrogen) atoms. The molecule has 1 unspecified atom stereocenters. The molecule has 1 aliphatic carbocycles. The van der Waals surface area contributed by atoms with Gasteiger partial charge in [0.25, 0.3) is 0 Å². The van der Waals surface area contributed by atoms with Gasteiger partial charge in [-0.3, -0.25) is 19.2 Å². The number of alkyl halides is 3. The predicted molar refractivity (Wildman–Crippen MR) is 173 cm³/mol. The monoisotopic (exact) mass is 666 g/mol. The van der Waals surface area contributed by atoms with Gasteiger partial charge < -0.3 is 19.7 Å². The molecule has 2 amide bonds. The fourth-order valence-corrected chi connectivity index (χ4v) is 5.98. The number of halogens is 3. The van der Waals surface area contributed by atoms with Crippen LogP contribution < -0.4 is 5.32 Å². The maximum absolute atomic E-state index is 13.8. The first kappa shape index (κ1) is 36.2. The van der Waals surface area contributed by atoms with Crippen molar-refractivity contribution in [2.45, 2.75) is 59.4 Å². The van der Waals surface area contributed by atoms with Crippen LogP contribution in [-0.2, 0) is 35.3 Å². The van der Waals surface area contributed by atoms with Crippen molar-refractivity contribution in [1.29, 1.82) is 0 Å². The lowest BCUT2D eigenvalue weighted by atomic mass is 9.84. The molecule has 1 N–H and O–H groups in total. The van der Waals surface area contributed by atoms with Crippen molar-refractivity contribution in [2.75, 3.05) is 19.7 Å². The van der Waals surface area contributed by atoms with Crippen LogP contribution in [0.5, 0.6) is 0 Å². The number of ether oxygens (including phenoxy) is 2. The highest BCUT2D eigenvalue weighted by molar-refractivity contribution is 5.93. The largest absolute Gasteiger partial charge is 0.471 e. The summed E-state index contributed by atoms with van der Waals surface area (Å²) >= 11 is 0. The molecular formula is C37H41F3N2O6. The van der Waals surface area contributed by atoms with Crippen LogP contribution in [0.25, 0.3) is 11.1 Å². The van der Waals surface area contributed by atoms with Crippen LogP contribution in [0, 0.1) is 17.3 Å². The van der Waals surface area contributed by atoms with E-state index < -0.39 is 53.8 Å². The van der Waals surface area contributed by atoms with E-state index in [1.807, 2.05) is 48.5 Å². The second-order valence-electron chi connectivity index (χ2n) is 13.3. The fourth-order valence-electron chi connectivity index (χ4n) is 5.98. The van der Waals surface area contributed by atoms with Gasteiger partial charge in [-0.25, -0.2) is 0 Å². The number of hydrogen-bond acceptors (Lipinski definition) is 6. The highest BCUT2D eigenvalue weighted by Gasteiger charge is 2.50. The Morgan fingerprint density at radius 2 is 1.35 bits per heavy atom. The van der Waals surface area contributed by atoms with Crippen LogP contribution in [0.1, 0.15) is 57.2 Å². The number of hydrogen-bond donors (Lipinski definition) is 1. The van der Waals surface area contributed by atoms with Crippen LogP contribution in [0.4, 0.5) is 13.2 Å². The highest BCUT2D eigenvalue weighted by Crippen LogP contribution is 2.44. The van der Waals surface area contributed by atoms with Gasteiger partial charge in [0.1, 0.15) is 25.8 Å². The third kappa shape index (κ3) is 8.62. The zero-order valence-electron chi connectivity index (χ0n) is 27.7. The Labute approximate surface area is 278 Å². The Bertz CT molecular complexity index is 1570. The Morgan fingerprint density at radius 3 is 1.88 bits per heavy atom. The molecule has 256 valence electrons. The average molecular weight is 667 g/mol. The summed E-state index contributed by atoms with van der Waals surface area (Å²) < 4.78 is 52.4. The van der Waals surface area contributed by atoms with E-state index in [-0.39, 0.29) is 36.5 Å². The third-order valence-electron chi connectivity index (χ3n) is 8.38. The normalized spacial score (nSPS) is 14.0. The number of nitrogens with one attached hydrogen (secondary N) is 1. The number of carbonyl (C=O) groups excluding carboxylic acids is 4. The molecule has 3 aromatic rings. The summed E-state index contributed by atoms with van der Waals surface area (Å²) in [4.78, 5) is 52.6. The van der Waals surface area contributed by atoms with Crippen molar-refractivity contribution < 1.29 is 41.8 Å². The van der Waals surface area contributed by atoms with Crippen LogP contribution in [-0.4, -0.2) is 60.6 Å². The zero-order valence-corrected chi connectivity index (χ0v) is 27.7. The Balaban J connectivity index is 1.47. The molecule has 2 atom stereocenters. The van der Waals surface area contributed by atoms with E-state index >= 15 is 0 Å². The van der Waals surface area contributed by atoms with Crippen LogP contribution in [0.3, 0.4) is 0 Å². The zero-order chi connectivity index (χ0) is 35.2. The molecular weight excluding hydrogens is 625 g/mol. The Hall–Kier alpha value is -4.67. The van der Waals surface area contributed by atoms with Crippen LogP contribution in [0.15, 0.2) is 78.9 Å². The second-order valence-corrected chi connectivity index (χ2v) is 13.3. The molecule has 4 rings (SSSR count). The second kappa shape index (κ2) is 15.0. The first-order valence-electron chi connectivity index (χ1n) is 15.8. The van der Waals surface area contributed by atoms with Crippen LogP contribution in [0.2, 0.25) is 0 Å². The average Bonchev–Trinajstić information content (AvgIpc) is 3.35. The van der Waals surface area contributed by atoms with Gasteiger partial charge in [-0.15, -0.1) is 0 Å². The molecule has 11 heteroatoms. The van der Waals surface area contributed by atoms with Crippen molar-refractivity contribution in [2.24, 2.45) is 17.3 Å². The molecule has 0 fully saturated rings. The van der Waals surface area contributed by atoms with Gasteiger partial charge >= 0.3 is 24.0 Å². The maximum Gasteiger partial charge on any atom is 0.471 e. The number of benzene rings is 3. The minimum atomic E-state index is -5.37. The summed E-state index contributed by atoms with van der Waals surface area (Å²) in [6.07, 6.45) is -5.37. The minimum Gasteiger partial charge on any atom is -0.464 e. The standard InChI is InChI=1S/C37H41F3N2O6/c1-23(2)29(34(45)48-22-30-27-17-11-9-15-25(27)26-16-10-12-18-28(26)30)19-41-33(44)32(36(3,4)5)42(35(46)37(38,39)40)20-31(43)47-21-24-13-7-6-8-14-24/h6-18,23,29-30,32H,19-22H2,1-5H3,(H,41,44)/t29-,32?/m1/s1. The Kier molecular flexibility index (Phi) is 11.3. The number of carbonyl (C=O) groups is 4.